The maximum atomic E-state index is 13.8. The molecule has 2 N–H and O–H groups in total. The molecule has 2 amide bonds. The second-order valence-corrected chi connectivity index (χ2v) is 13.4. The van der Waals surface area contributed by atoms with Crippen LogP contribution in [0.3, 0.4) is 0 Å². The number of amides is 2. The van der Waals surface area contributed by atoms with Crippen molar-refractivity contribution in [3.8, 4) is 17.1 Å². The molecule has 0 bridgehead atoms. The number of anilines is 1. The molecule has 0 aliphatic rings. The first-order valence-corrected chi connectivity index (χ1v) is 16.3. The van der Waals surface area contributed by atoms with Gasteiger partial charge in [-0.2, -0.15) is 0 Å². The lowest BCUT2D eigenvalue weighted by Crippen LogP contribution is -2.27. The van der Waals surface area contributed by atoms with E-state index in [0.717, 1.165) is 39.2 Å². The molecule has 238 valence electrons. The molecule has 8 nitrogen and oxygen atoms in total. The summed E-state index contributed by atoms with van der Waals surface area (Å²) in [4.78, 5) is 26.2. The molecule has 5 rings (SSSR count). The van der Waals surface area contributed by atoms with Gasteiger partial charge in [-0.25, -0.2) is 0 Å². The molecule has 0 aliphatic carbocycles. The van der Waals surface area contributed by atoms with Crippen molar-refractivity contribution in [1.82, 2.24) is 5.32 Å². The van der Waals surface area contributed by atoms with E-state index < -0.39 is 17.0 Å². The SMILES string of the molecule is CC(C)(C)COc1ccc(C(Cc2ccc(C(=O)NCCS(=O)[O-])cc2)C(=O)Nc2ccc(-c3cc4ccccc4o3)cc2)cc1. The Labute approximate surface area is 271 Å². The molecule has 46 heavy (non-hydrogen) atoms. The zero-order chi connectivity index (χ0) is 32.7. The van der Waals surface area contributed by atoms with Gasteiger partial charge in [-0.3, -0.25) is 13.8 Å². The predicted octanol–water partition coefficient (Wildman–Crippen LogP) is 7.10. The Balaban J connectivity index is 1.32. The summed E-state index contributed by atoms with van der Waals surface area (Å²) in [5.74, 6) is 0.274. The second kappa shape index (κ2) is 14.6. The molecular formula is C37H37N2O6S-. The quantitative estimate of drug-likeness (QED) is 0.141. The van der Waals surface area contributed by atoms with Crippen molar-refractivity contribution >= 4 is 39.6 Å². The Morgan fingerprint density at radius 3 is 2.26 bits per heavy atom. The number of ether oxygens (including phenoxy) is 1. The van der Waals surface area contributed by atoms with Gasteiger partial charge in [-0.05, 0) is 83.6 Å². The molecule has 4 aromatic carbocycles. The van der Waals surface area contributed by atoms with Gasteiger partial charge in [0.2, 0.25) is 5.91 Å². The van der Waals surface area contributed by atoms with Gasteiger partial charge in [0, 0.05) is 34.5 Å². The van der Waals surface area contributed by atoms with Gasteiger partial charge in [0.1, 0.15) is 17.1 Å². The van der Waals surface area contributed by atoms with E-state index in [4.69, 9.17) is 9.15 Å². The molecule has 0 radical (unpaired) electrons. The monoisotopic (exact) mass is 637 g/mol. The summed E-state index contributed by atoms with van der Waals surface area (Å²) in [7, 11) is 0. The minimum atomic E-state index is -2.22. The van der Waals surface area contributed by atoms with Crippen LogP contribution >= 0.6 is 0 Å². The molecule has 2 atom stereocenters. The van der Waals surface area contributed by atoms with E-state index in [2.05, 4.69) is 31.4 Å². The normalized spacial score (nSPS) is 12.8. The molecule has 9 heteroatoms. The van der Waals surface area contributed by atoms with Gasteiger partial charge in [-0.15, -0.1) is 0 Å². The van der Waals surface area contributed by atoms with Crippen LogP contribution in [0.2, 0.25) is 0 Å². The zero-order valence-electron chi connectivity index (χ0n) is 26.1. The van der Waals surface area contributed by atoms with Gasteiger partial charge in [0.25, 0.3) is 5.91 Å². The Bertz CT molecular complexity index is 1770. The Morgan fingerprint density at radius 1 is 0.913 bits per heavy atom. The van der Waals surface area contributed by atoms with Crippen LogP contribution < -0.4 is 15.4 Å². The molecule has 0 fully saturated rings. The van der Waals surface area contributed by atoms with Crippen molar-refractivity contribution in [2.75, 3.05) is 24.2 Å². The maximum absolute atomic E-state index is 13.8. The molecule has 0 saturated heterocycles. The fraction of sp³-hybridized carbons (Fsp3) is 0.243. The van der Waals surface area contributed by atoms with Crippen molar-refractivity contribution in [3.05, 3.63) is 120 Å². The molecule has 0 aliphatic heterocycles. The zero-order valence-corrected chi connectivity index (χ0v) is 26.9. The highest BCUT2D eigenvalue weighted by Crippen LogP contribution is 2.30. The minimum Gasteiger partial charge on any atom is -0.772 e. The van der Waals surface area contributed by atoms with Gasteiger partial charge in [-0.1, -0.05) is 74.3 Å². The van der Waals surface area contributed by atoms with Crippen molar-refractivity contribution in [3.63, 3.8) is 0 Å². The van der Waals surface area contributed by atoms with Crippen LogP contribution in [0.1, 0.15) is 48.2 Å². The lowest BCUT2D eigenvalue weighted by atomic mass is 9.90. The Morgan fingerprint density at radius 2 is 1.61 bits per heavy atom. The highest BCUT2D eigenvalue weighted by Gasteiger charge is 2.22. The van der Waals surface area contributed by atoms with Crippen LogP contribution in [0.15, 0.2) is 108 Å². The Hall–Kier alpha value is -4.73. The first-order chi connectivity index (χ1) is 22.0. The van der Waals surface area contributed by atoms with Crippen LogP contribution in [-0.2, 0) is 22.3 Å². The van der Waals surface area contributed by atoms with Crippen molar-refractivity contribution in [1.29, 1.82) is 0 Å². The third kappa shape index (κ3) is 8.93. The van der Waals surface area contributed by atoms with Crippen molar-refractivity contribution < 1.29 is 27.5 Å². The van der Waals surface area contributed by atoms with E-state index in [1.165, 1.54) is 0 Å². The van der Waals surface area contributed by atoms with Crippen molar-refractivity contribution in [2.45, 2.75) is 33.1 Å². The van der Waals surface area contributed by atoms with Gasteiger partial charge < -0.3 is 24.3 Å². The summed E-state index contributed by atoms with van der Waals surface area (Å²) in [6, 6.07) is 31.9. The molecule has 1 heterocycles. The molecule has 0 spiro atoms. The lowest BCUT2D eigenvalue weighted by Gasteiger charge is -2.20. The predicted molar refractivity (Wildman–Crippen MR) is 181 cm³/mol. The van der Waals surface area contributed by atoms with Crippen LogP contribution in [0.25, 0.3) is 22.3 Å². The average Bonchev–Trinajstić information content (AvgIpc) is 3.47. The number of para-hydroxylation sites is 1. The smallest absolute Gasteiger partial charge is 0.251 e. The number of carbonyl (C=O) groups excluding carboxylic acids is 2. The summed E-state index contributed by atoms with van der Waals surface area (Å²) < 4.78 is 33.4. The summed E-state index contributed by atoms with van der Waals surface area (Å²) >= 11 is -2.22. The highest BCUT2D eigenvalue weighted by atomic mass is 32.2. The number of furan rings is 1. The van der Waals surface area contributed by atoms with Gasteiger partial charge in [0.15, 0.2) is 0 Å². The van der Waals surface area contributed by atoms with E-state index in [1.807, 2.05) is 91.0 Å². The number of hydrogen-bond donors (Lipinski definition) is 2. The largest absolute Gasteiger partial charge is 0.772 e. The molecular weight excluding hydrogens is 600 g/mol. The molecule has 2 unspecified atom stereocenters. The third-order valence-electron chi connectivity index (χ3n) is 7.34. The summed E-state index contributed by atoms with van der Waals surface area (Å²) in [6.45, 7) is 6.92. The number of fused-ring (bicyclic) bond motifs is 1. The first-order valence-electron chi connectivity index (χ1n) is 15.1. The summed E-state index contributed by atoms with van der Waals surface area (Å²) in [5, 5.41) is 6.69. The topological polar surface area (TPSA) is 121 Å². The number of hydrogen-bond acceptors (Lipinski definition) is 6. The van der Waals surface area contributed by atoms with E-state index in [1.54, 1.807) is 12.1 Å². The molecule has 1 aromatic heterocycles. The fourth-order valence-electron chi connectivity index (χ4n) is 4.91. The van der Waals surface area contributed by atoms with Crippen LogP contribution in [-0.4, -0.2) is 39.5 Å². The van der Waals surface area contributed by atoms with E-state index in [0.29, 0.717) is 24.3 Å². The highest BCUT2D eigenvalue weighted by molar-refractivity contribution is 7.79. The standard InChI is InChI=1S/C37H38N2O6S/c1-37(2,3)24-44-31-18-14-26(15-19-31)32(22-25-8-10-28(11-9-25)35(40)38-20-21-46(42)43)36(41)39-30-16-12-27(13-17-30)34-23-29-6-4-5-7-33(29)45-34/h4-19,23,32H,20-22,24H2,1-3H3,(H,38,40)(H,39,41)(H,42,43)/p-1. The number of nitrogens with one attached hydrogen (secondary N) is 2. The Kier molecular flexibility index (Phi) is 10.3. The van der Waals surface area contributed by atoms with E-state index in [9.17, 15) is 18.4 Å². The van der Waals surface area contributed by atoms with Gasteiger partial charge >= 0.3 is 0 Å². The van der Waals surface area contributed by atoms with Gasteiger partial charge in [0.05, 0.1) is 12.5 Å². The van der Waals surface area contributed by atoms with Crippen molar-refractivity contribution in [2.24, 2.45) is 5.41 Å². The lowest BCUT2D eigenvalue weighted by molar-refractivity contribution is -0.117. The number of benzene rings is 4. The number of carbonyl (C=O) groups is 2. The van der Waals surface area contributed by atoms with Crippen LogP contribution in [0.4, 0.5) is 5.69 Å². The third-order valence-corrected chi connectivity index (χ3v) is 7.88. The fourth-order valence-corrected chi connectivity index (χ4v) is 5.18. The summed E-state index contributed by atoms with van der Waals surface area (Å²) in [6.07, 6.45) is 0.391. The van der Waals surface area contributed by atoms with E-state index in [-0.39, 0.29) is 29.5 Å². The minimum absolute atomic E-state index is 0.0129. The second-order valence-electron chi connectivity index (χ2n) is 12.4. The summed E-state index contributed by atoms with van der Waals surface area (Å²) in [5.41, 5.74) is 4.49. The van der Waals surface area contributed by atoms with Crippen LogP contribution in [0.5, 0.6) is 5.75 Å². The maximum Gasteiger partial charge on any atom is 0.251 e. The average molecular weight is 638 g/mol. The van der Waals surface area contributed by atoms with Crippen LogP contribution in [0, 0.1) is 5.41 Å². The first kappa shape index (κ1) is 32.7. The molecule has 5 aromatic rings. The van der Waals surface area contributed by atoms with E-state index >= 15 is 0 Å². The molecule has 0 saturated carbocycles. The number of rotatable bonds is 12.